The number of aromatic nitrogens is 1. The Morgan fingerprint density at radius 2 is 2.44 bits per heavy atom. The summed E-state index contributed by atoms with van der Waals surface area (Å²) in [6.07, 6.45) is 3.70. The number of aliphatic carboxylic acids is 1. The summed E-state index contributed by atoms with van der Waals surface area (Å²) in [5.41, 5.74) is 0. The van der Waals surface area contributed by atoms with Crippen LogP contribution in [0.3, 0.4) is 0 Å². The van der Waals surface area contributed by atoms with Crippen LogP contribution in [0.1, 0.15) is 6.42 Å². The minimum Gasteiger partial charge on any atom is -0.480 e. The molecule has 0 saturated carbocycles. The Morgan fingerprint density at radius 3 is 3.06 bits per heavy atom. The van der Waals surface area contributed by atoms with Gasteiger partial charge in [0.15, 0.2) is 5.82 Å². The molecule has 1 unspecified atom stereocenters. The van der Waals surface area contributed by atoms with E-state index in [-0.39, 0.29) is 0 Å². The van der Waals surface area contributed by atoms with Gasteiger partial charge in [-0.25, -0.2) is 9.78 Å². The van der Waals surface area contributed by atoms with E-state index in [0.717, 1.165) is 4.48 Å². The van der Waals surface area contributed by atoms with E-state index in [1.807, 2.05) is 0 Å². The van der Waals surface area contributed by atoms with E-state index in [4.69, 9.17) is 16.7 Å². The first-order valence-electron chi connectivity index (χ1n) is 4.57. The van der Waals surface area contributed by atoms with Crippen LogP contribution in [0.25, 0.3) is 0 Å². The van der Waals surface area contributed by atoms with Crippen LogP contribution in [0.5, 0.6) is 0 Å². The highest BCUT2D eigenvalue weighted by atomic mass is 79.9. The van der Waals surface area contributed by atoms with Gasteiger partial charge < -0.3 is 10.0 Å². The van der Waals surface area contributed by atoms with Crippen LogP contribution < -0.4 is 4.90 Å². The minimum absolute atomic E-state index is 0.419. The van der Waals surface area contributed by atoms with E-state index in [0.29, 0.717) is 17.3 Å². The van der Waals surface area contributed by atoms with Crippen LogP contribution >= 0.6 is 27.5 Å². The summed E-state index contributed by atoms with van der Waals surface area (Å²) in [7, 11) is 0. The summed E-state index contributed by atoms with van der Waals surface area (Å²) < 4.78 is 0.821. The van der Waals surface area contributed by atoms with Gasteiger partial charge in [-0.1, -0.05) is 27.5 Å². The number of pyridine rings is 1. The van der Waals surface area contributed by atoms with Gasteiger partial charge >= 0.3 is 5.97 Å². The summed E-state index contributed by atoms with van der Waals surface area (Å²) in [5.74, 6) is -0.432. The predicted octanol–water partition coefficient (Wildman–Crippen LogP) is 2.63. The molecule has 0 radical (unpaired) electrons. The van der Waals surface area contributed by atoms with Crippen molar-refractivity contribution in [3.05, 3.63) is 34.0 Å². The maximum absolute atomic E-state index is 11.1. The molecular formula is C10H8BrClN2O2. The number of carboxylic acids is 1. The SMILES string of the molecule is O=C(O)C1CC(Br)=CN1c1ncccc1Cl. The monoisotopic (exact) mass is 302 g/mol. The smallest absolute Gasteiger partial charge is 0.327 e. The largest absolute Gasteiger partial charge is 0.480 e. The number of carboxylic acid groups (broad SMARTS) is 1. The van der Waals surface area contributed by atoms with Gasteiger partial charge in [-0.2, -0.15) is 0 Å². The van der Waals surface area contributed by atoms with Crippen molar-refractivity contribution in [1.82, 2.24) is 4.98 Å². The zero-order valence-electron chi connectivity index (χ0n) is 8.10. The van der Waals surface area contributed by atoms with E-state index in [2.05, 4.69) is 20.9 Å². The fraction of sp³-hybridized carbons (Fsp3) is 0.200. The molecule has 16 heavy (non-hydrogen) atoms. The van der Waals surface area contributed by atoms with Crippen molar-refractivity contribution in [1.29, 1.82) is 0 Å². The highest BCUT2D eigenvalue weighted by Gasteiger charge is 2.32. The lowest BCUT2D eigenvalue weighted by Crippen LogP contribution is -2.34. The summed E-state index contributed by atoms with van der Waals surface area (Å²) >= 11 is 9.27. The number of carbonyl (C=O) groups is 1. The van der Waals surface area contributed by atoms with Gasteiger partial charge in [-0.15, -0.1) is 0 Å². The molecule has 0 bridgehead atoms. The molecule has 1 atom stereocenters. The summed E-state index contributed by atoms with van der Waals surface area (Å²) in [6, 6.07) is 2.74. The van der Waals surface area contributed by atoms with Crippen molar-refractivity contribution in [2.75, 3.05) is 4.90 Å². The number of hydrogen-bond acceptors (Lipinski definition) is 3. The molecule has 2 rings (SSSR count). The summed E-state index contributed by atoms with van der Waals surface area (Å²) in [5, 5.41) is 9.52. The van der Waals surface area contributed by atoms with E-state index < -0.39 is 12.0 Å². The van der Waals surface area contributed by atoms with E-state index in [1.165, 1.54) is 0 Å². The molecule has 6 heteroatoms. The molecule has 84 valence electrons. The number of halogens is 2. The molecule has 1 aromatic heterocycles. The zero-order valence-corrected chi connectivity index (χ0v) is 10.4. The van der Waals surface area contributed by atoms with Gasteiger partial charge in [0.25, 0.3) is 0 Å². The second kappa shape index (κ2) is 4.43. The molecule has 0 spiro atoms. The third-order valence-corrected chi connectivity index (χ3v) is 3.10. The lowest BCUT2D eigenvalue weighted by Gasteiger charge is -2.21. The molecule has 0 saturated heterocycles. The first-order chi connectivity index (χ1) is 7.59. The van der Waals surface area contributed by atoms with Crippen molar-refractivity contribution < 1.29 is 9.90 Å². The average molecular weight is 304 g/mol. The molecule has 0 aromatic carbocycles. The quantitative estimate of drug-likeness (QED) is 0.912. The van der Waals surface area contributed by atoms with Crippen molar-refractivity contribution >= 4 is 39.3 Å². The number of rotatable bonds is 2. The fourth-order valence-corrected chi connectivity index (χ4v) is 2.31. The number of anilines is 1. The molecule has 0 aliphatic carbocycles. The number of nitrogens with zero attached hydrogens (tertiary/aromatic N) is 2. The molecule has 4 nitrogen and oxygen atoms in total. The van der Waals surface area contributed by atoms with Crippen LogP contribution in [0.15, 0.2) is 29.0 Å². The lowest BCUT2D eigenvalue weighted by atomic mass is 10.2. The van der Waals surface area contributed by atoms with Crippen molar-refractivity contribution in [2.45, 2.75) is 12.5 Å². The summed E-state index contributed by atoms with van der Waals surface area (Å²) in [4.78, 5) is 16.7. The maximum Gasteiger partial charge on any atom is 0.327 e. The van der Waals surface area contributed by atoms with E-state index in [1.54, 1.807) is 29.4 Å². The second-order valence-electron chi connectivity index (χ2n) is 3.35. The van der Waals surface area contributed by atoms with Crippen LogP contribution in [0.2, 0.25) is 5.02 Å². The highest BCUT2D eigenvalue weighted by molar-refractivity contribution is 9.11. The molecule has 1 N–H and O–H groups in total. The average Bonchev–Trinajstić information content (AvgIpc) is 2.61. The summed E-state index contributed by atoms with van der Waals surface area (Å²) in [6.45, 7) is 0. The van der Waals surface area contributed by atoms with Gasteiger partial charge in [0, 0.05) is 23.3 Å². The normalized spacial score (nSPS) is 19.8. The van der Waals surface area contributed by atoms with Crippen LogP contribution in [-0.2, 0) is 4.79 Å². The number of hydrogen-bond donors (Lipinski definition) is 1. The first-order valence-corrected chi connectivity index (χ1v) is 5.74. The van der Waals surface area contributed by atoms with Crippen LogP contribution in [0.4, 0.5) is 5.82 Å². The van der Waals surface area contributed by atoms with Crippen LogP contribution in [-0.4, -0.2) is 22.1 Å². The van der Waals surface area contributed by atoms with E-state index in [9.17, 15) is 4.79 Å². The molecule has 1 aromatic rings. The molecule has 1 aliphatic rings. The molecule has 0 amide bonds. The third-order valence-electron chi connectivity index (χ3n) is 2.27. The highest BCUT2D eigenvalue weighted by Crippen LogP contribution is 2.33. The van der Waals surface area contributed by atoms with Crippen molar-refractivity contribution in [3.8, 4) is 0 Å². The Balaban J connectivity index is 2.39. The lowest BCUT2D eigenvalue weighted by molar-refractivity contribution is -0.138. The zero-order chi connectivity index (χ0) is 11.7. The molecular weight excluding hydrogens is 295 g/mol. The molecule has 2 heterocycles. The maximum atomic E-state index is 11.1. The van der Waals surface area contributed by atoms with E-state index >= 15 is 0 Å². The topological polar surface area (TPSA) is 53.4 Å². The standard InChI is InChI=1S/C10H8BrClN2O2/c11-6-4-8(10(15)16)14(5-6)9-7(12)2-1-3-13-9/h1-3,5,8H,4H2,(H,15,16). The Hall–Kier alpha value is -1.07. The Kier molecular flexibility index (Phi) is 3.16. The first kappa shape index (κ1) is 11.4. The Labute approximate surface area is 106 Å². The minimum atomic E-state index is -0.896. The molecule has 1 aliphatic heterocycles. The van der Waals surface area contributed by atoms with Crippen molar-refractivity contribution in [2.24, 2.45) is 0 Å². The van der Waals surface area contributed by atoms with Gasteiger partial charge in [-0.05, 0) is 12.1 Å². The second-order valence-corrected chi connectivity index (χ2v) is 4.78. The third kappa shape index (κ3) is 2.05. The van der Waals surface area contributed by atoms with Crippen molar-refractivity contribution in [3.63, 3.8) is 0 Å². The van der Waals surface area contributed by atoms with Gasteiger partial charge in [-0.3, -0.25) is 0 Å². The van der Waals surface area contributed by atoms with Gasteiger partial charge in [0.1, 0.15) is 6.04 Å². The predicted molar refractivity (Wildman–Crippen MR) is 64.8 cm³/mol. The van der Waals surface area contributed by atoms with Gasteiger partial charge in [0.05, 0.1) is 5.02 Å². The Morgan fingerprint density at radius 1 is 1.69 bits per heavy atom. The fourth-order valence-electron chi connectivity index (χ4n) is 1.56. The Bertz CT molecular complexity index is 464. The van der Waals surface area contributed by atoms with Crippen LogP contribution in [0, 0.1) is 0 Å². The van der Waals surface area contributed by atoms with Gasteiger partial charge in [0.2, 0.25) is 0 Å². The molecule has 0 fully saturated rings.